The van der Waals surface area contributed by atoms with Crippen LogP contribution in [0.1, 0.15) is 26.3 Å². The van der Waals surface area contributed by atoms with Gasteiger partial charge < -0.3 is 39.6 Å². The molecule has 0 amide bonds. The number of halogens is 2. The Hall–Kier alpha value is -1.53. The SMILES string of the molecule is CC(C)(C)c1ccccc1OCC(O)CN1CCN(c2ccccn2)CC1.[Cl-].[Cl-]. The molecular formula is C22H31Cl2N3O2-2. The summed E-state index contributed by atoms with van der Waals surface area (Å²) in [6.45, 7) is 11.2. The van der Waals surface area contributed by atoms with Crippen LogP contribution in [0.5, 0.6) is 5.75 Å². The molecule has 0 aliphatic carbocycles. The number of rotatable bonds is 6. The average molecular weight is 440 g/mol. The van der Waals surface area contributed by atoms with Crippen molar-refractivity contribution in [2.24, 2.45) is 0 Å². The first kappa shape index (κ1) is 25.5. The van der Waals surface area contributed by atoms with Crippen molar-refractivity contribution in [3.8, 4) is 5.75 Å². The lowest BCUT2D eigenvalue weighted by Gasteiger charge is -2.36. The number of piperazine rings is 1. The second-order valence-electron chi connectivity index (χ2n) is 8.19. The van der Waals surface area contributed by atoms with Gasteiger partial charge in [-0.3, -0.25) is 4.90 Å². The molecule has 1 unspecified atom stereocenters. The maximum absolute atomic E-state index is 10.4. The van der Waals surface area contributed by atoms with E-state index in [1.54, 1.807) is 0 Å². The van der Waals surface area contributed by atoms with Crippen LogP contribution in [0.2, 0.25) is 0 Å². The molecular weight excluding hydrogens is 409 g/mol. The fourth-order valence-corrected chi connectivity index (χ4v) is 3.45. The van der Waals surface area contributed by atoms with E-state index in [9.17, 15) is 5.11 Å². The number of aromatic nitrogens is 1. The third kappa shape index (κ3) is 7.34. The Kier molecular flexibility index (Phi) is 10.2. The van der Waals surface area contributed by atoms with E-state index in [1.165, 1.54) is 5.56 Å². The lowest BCUT2D eigenvalue weighted by Crippen LogP contribution is -3.00. The van der Waals surface area contributed by atoms with Gasteiger partial charge in [-0.1, -0.05) is 45.0 Å². The van der Waals surface area contributed by atoms with E-state index in [1.807, 2.05) is 42.6 Å². The highest BCUT2D eigenvalue weighted by Crippen LogP contribution is 2.31. The summed E-state index contributed by atoms with van der Waals surface area (Å²) in [5.74, 6) is 1.89. The van der Waals surface area contributed by atoms with Crippen molar-refractivity contribution in [2.45, 2.75) is 32.3 Å². The third-order valence-electron chi connectivity index (χ3n) is 4.94. The van der Waals surface area contributed by atoms with Crippen LogP contribution in [0.3, 0.4) is 0 Å². The van der Waals surface area contributed by atoms with Gasteiger partial charge in [0.15, 0.2) is 0 Å². The summed E-state index contributed by atoms with van der Waals surface area (Å²) in [4.78, 5) is 9.00. The number of para-hydroxylation sites is 1. The molecule has 5 nitrogen and oxygen atoms in total. The summed E-state index contributed by atoms with van der Waals surface area (Å²) in [6.07, 6.45) is 1.33. The van der Waals surface area contributed by atoms with Gasteiger partial charge in [0.25, 0.3) is 0 Å². The number of β-amino-alcohol motifs (C(OH)–C–C–N with tert-alkyl or cyclic N) is 1. The molecule has 1 N–H and O–H groups in total. The normalized spacial score (nSPS) is 15.8. The number of hydrogen-bond acceptors (Lipinski definition) is 5. The van der Waals surface area contributed by atoms with Crippen molar-refractivity contribution < 1.29 is 34.7 Å². The highest BCUT2D eigenvalue weighted by atomic mass is 35.5. The Bertz CT molecular complexity index is 717. The molecule has 1 atom stereocenters. The maximum Gasteiger partial charge on any atom is 0.128 e. The molecule has 1 fully saturated rings. The summed E-state index contributed by atoms with van der Waals surface area (Å²) >= 11 is 0. The summed E-state index contributed by atoms with van der Waals surface area (Å²) < 4.78 is 5.96. The van der Waals surface area contributed by atoms with Crippen LogP contribution in [0, 0.1) is 0 Å². The summed E-state index contributed by atoms with van der Waals surface area (Å²) in [5, 5.41) is 10.4. The van der Waals surface area contributed by atoms with Gasteiger partial charge in [0.1, 0.15) is 24.3 Å². The van der Waals surface area contributed by atoms with E-state index in [2.05, 4.69) is 41.6 Å². The molecule has 7 heteroatoms. The summed E-state index contributed by atoms with van der Waals surface area (Å²) in [7, 11) is 0. The van der Waals surface area contributed by atoms with E-state index < -0.39 is 6.10 Å². The van der Waals surface area contributed by atoms with Gasteiger partial charge in [-0.15, -0.1) is 0 Å². The van der Waals surface area contributed by atoms with Crippen LogP contribution in [-0.4, -0.2) is 60.4 Å². The van der Waals surface area contributed by atoms with Crippen LogP contribution < -0.4 is 34.5 Å². The first-order valence-electron chi connectivity index (χ1n) is 9.72. The lowest BCUT2D eigenvalue weighted by atomic mass is 9.86. The first-order chi connectivity index (χ1) is 12.9. The zero-order valence-electron chi connectivity index (χ0n) is 17.4. The maximum atomic E-state index is 10.4. The molecule has 0 radical (unpaired) electrons. The van der Waals surface area contributed by atoms with E-state index in [-0.39, 0.29) is 30.2 Å². The zero-order chi connectivity index (χ0) is 19.3. The Morgan fingerprint density at radius 3 is 2.28 bits per heavy atom. The third-order valence-corrected chi connectivity index (χ3v) is 4.94. The molecule has 0 saturated carbocycles. The Morgan fingerprint density at radius 1 is 1.00 bits per heavy atom. The van der Waals surface area contributed by atoms with E-state index in [0.717, 1.165) is 37.7 Å². The van der Waals surface area contributed by atoms with Gasteiger partial charge in [0, 0.05) is 38.9 Å². The van der Waals surface area contributed by atoms with E-state index >= 15 is 0 Å². The number of aliphatic hydroxyl groups excluding tert-OH is 1. The highest BCUT2D eigenvalue weighted by molar-refractivity contribution is 5.39. The number of ether oxygens (including phenoxy) is 1. The fraction of sp³-hybridized carbons (Fsp3) is 0.500. The van der Waals surface area contributed by atoms with Crippen LogP contribution in [-0.2, 0) is 5.41 Å². The average Bonchev–Trinajstić information content (AvgIpc) is 2.67. The van der Waals surface area contributed by atoms with Crippen molar-refractivity contribution in [1.82, 2.24) is 9.88 Å². The molecule has 1 saturated heterocycles. The Balaban J connectivity index is 0.00000210. The van der Waals surface area contributed by atoms with Gasteiger partial charge in [-0.25, -0.2) is 4.98 Å². The van der Waals surface area contributed by atoms with Crippen molar-refractivity contribution >= 4 is 5.82 Å². The van der Waals surface area contributed by atoms with Crippen molar-refractivity contribution in [1.29, 1.82) is 0 Å². The molecule has 1 aliphatic rings. The van der Waals surface area contributed by atoms with Crippen molar-refractivity contribution in [2.75, 3.05) is 44.2 Å². The predicted molar refractivity (Wildman–Crippen MR) is 110 cm³/mol. The largest absolute Gasteiger partial charge is 1.00 e. The summed E-state index contributed by atoms with van der Waals surface area (Å²) in [6, 6.07) is 14.1. The number of hydrogen-bond donors (Lipinski definition) is 1. The van der Waals surface area contributed by atoms with Gasteiger partial charge in [-0.05, 0) is 29.2 Å². The fourth-order valence-electron chi connectivity index (χ4n) is 3.45. The quantitative estimate of drug-likeness (QED) is 0.518. The lowest BCUT2D eigenvalue weighted by molar-refractivity contribution is -0.00100. The van der Waals surface area contributed by atoms with Crippen LogP contribution in [0.15, 0.2) is 48.7 Å². The molecule has 1 aliphatic heterocycles. The Morgan fingerprint density at radius 2 is 1.66 bits per heavy atom. The van der Waals surface area contributed by atoms with Crippen LogP contribution in [0.25, 0.3) is 0 Å². The molecule has 0 bridgehead atoms. The van der Waals surface area contributed by atoms with E-state index in [0.29, 0.717) is 13.2 Å². The molecule has 0 spiro atoms. The standard InChI is InChI=1S/C22H31N3O2.2ClH/c1-22(2,3)19-8-4-5-9-20(19)27-17-18(26)16-24-12-14-25(15-13-24)21-10-6-7-11-23-21;;/h4-11,18,26H,12-17H2,1-3H3;2*1H/p-2. The van der Waals surface area contributed by atoms with Crippen LogP contribution in [0.4, 0.5) is 5.82 Å². The Labute approximate surface area is 186 Å². The molecule has 2 aromatic rings. The second kappa shape index (κ2) is 11.6. The highest BCUT2D eigenvalue weighted by Gasteiger charge is 2.22. The van der Waals surface area contributed by atoms with Crippen LogP contribution >= 0.6 is 0 Å². The van der Waals surface area contributed by atoms with Gasteiger partial charge in [0.05, 0.1) is 0 Å². The minimum atomic E-state index is -0.501. The number of benzene rings is 1. The smallest absolute Gasteiger partial charge is 0.128 e. The van der Waals surface area contributed by atoms with Gasteiger partial charge in [0.2, 0.25) is 0 Å². The zero-order valence-corrected chi connectivity index (χ0v) is 18.9. The van der Waals surface area contributed by atoms with Gasteiger partial charge in [-0.2, -0.15) is 0 Å². The minimum Gasteiger partial charge on any atom is -1.00 e. The molecule has 1 aromatic heterocycles. The minimum absolute atomic E-state index is 0. The molecule has 1 aromatic carbocycles. The molecule has 3 rings (SSSR count). The summed E-state index contributed by atoms with van der Waals surface area (Å²) in [5.41, 5.74) is 1.18. The van der Waals surface area contributed by atoms with Crippen molar-refractivity contribution in [3.05, 3.63) is 54.2 Å². The van der Waals surface area contributed by atoms with E-state index in [4.69, 9.17) is 4.74 Å². The molecule has 29 heavy (non-hydrogen) atoms. The number of pyridine rings is 1. The predicted octanol–water partition coefficient (Wildman–Crippen LogP) is -3.05. The number of nitrogens with zero attached hydrogens (tertiary/aromatic N) is 3. The number of anilines is 1. The van der Waals surface area contributed by atoms with Gasteiger partial charge >= 0.3 is 0 Å². The van der Waals surface area contributed by atoms with Crippen molar-refractivity contribution in [3.63, 3.8) is 0 Å². The molecule has 2 heterocycles. The number of aliphatic hydroxyl groups is 1. The molecule has 162 valence electrons. The first-order valence-corrected chi connectivity index (χ1v) is 9.72. The topological polar surface area (TPSA) is 48.8 Å². The second-order valence-corrected chi connectivity index (χ2v) is 8.19. The monoisotopic (exact) mass is 439 g/mol.